The van der Waals surface area contributed by atoms with Crippen molar-refractivity contribution in [2.24, 2.45) is 0 Å². The minimum Gasteiger partial charge on any atom is -0.361 e. The molecule has 0 fully saturated rings. The van der Waals surface area contributed by atoms with Gasteiger partial charge in [0.25, 0.3) is 0 Å². The smallest absolute Gasteiger partial charge is 0.224 e. The fraction of sp³-hybridized carbons (Fsp3) is 0.300. The second-order valence-corrected chi connectivity index (χ2v) is 7.45. The second kappa shape index (κ2) is 8.35. The molecule has 0 aliphatic heterocycles. The number of anilines is 1. The molecule has 0 radical (unpaired) electrons. The first kappa shape index (κ1) is 19.1. The zero-order chi connectivity index (χ0) is 19.4. The first-order chi connectivity index (χ1) is 12.9. The minimum atomic E-state index is -0.0342. The number of carbonyl (C=O) groups excluding carboxylic acids is 1. The van der Waals surface area contributed by atoms with Crippen LogP contribution in [0.4, 0.5) is 5.69 Å². The van der Waals surface area contributed by atoms with Gasteiger partial charge in [0.2, 0.25) is 5.91 Å². The van der Waals surface area contributed by atoms with Gasteiger partial charge in [-0.3, -0.25) is 4.79 Å². The lowest BCUT2D eigenvalue weighted by atomic mass is 10.1. The number of carbonyl (C=O) groups is 1. The van der Waals surface area contributed by atoms with Crippen LogP contribution in [-0.4, -0.2) is 21.0 Å². The Morgan fingerprint density at radius 1 is 1.07 bits per heavy atom. The van der Waals surface area contributed by atoms with Gasteiger partial charge in [-0.05, 0) is 76.2 Å². The molecule has 0 aliphatic carbocycles. The lowest BCUT2D eigenvalue weighted by Gasteiger charge is -2.07. The molecule has 0 bridgehead atoms. The summed E-state index contributed by atoms with van der Waals surface area (Å²) in [6.45, 7) is 7.67. The minimum absolute atomic E-state index is 0.0342. The van der Waals surface area contributed by atoms with Crippen molar-refractivity contribution in [1.29, 1.82) is 0 Å². The maximum Gasteiger partial charge on any atom is 0.224 e. The summed E-state index contributed by atoms with van der Waals surface area (Å²) < 4.78 is 5.13. The average Bonchev–Trinajstić information content (AvgIpc) is 2.92. The van der Waals surface area contributed by atoms with Crippen LogP contribution in [0.5, 0.6) is 0 Å². The number of amides is 1. The molecule has 0 spiro atoms. The molecule has 27 heavy (non-hydrogen) atoms. The van der Waals surface area contributed by atoms with E-state index in [1.807, 2.05) is 58.0 Å². The zero-order valence-corrected chi connectivity index (χ0v) is 16.7. The molecule has 7 heteroatoms. The van der Waals surface area contributed by atoms with Crippen LogP contribution < -0.4 is 5.32 Å². The van der Waals surface area contributed by atoms with E-state index in [1.165, 1.54) is 11.8 Å². The Morgan fingerprint density at radius 3 is 2.33 bits per heavy atom. The number of aryl methyl sites for hydroxylation is 4. The highest BCUT2D eigenvalue weighted by Gasteiger charge is 2.11. The standard InChI is InChI=1S/C20H22N4O2S/c1-12-11-13(2)22-20(21-12)27-17-7-5-16(6-8-17)23-19(25)10-9-18-14(3)24-26-15(18)4/h5-8,11H,9-10H2,1-4H3,(H,23,25). The summed E-state index contributed by atoms with van der Waals surface area (Å²) in [5.74, 6) is 0.739. The molecule has 1 N–H and O–H groups in total. The first-order valence-corrected chi connectivity index (χ1v) is 9.54. The van der Waals surface area contributed by atoms with Crippen molar-refractivity contribution < 1.29 is 9.32 Å². The van der Waals surface area contributed by atoms with Crippen molar-refractivity contribution in [2.45, 2.75) is 50.6 Å². The summed E-state index contributed by atoms with van der Waals surface area (Å²) in [4.78, 5) is 22.1. The van der Waals surface area contributed by atoms with Crippen LogP contribution in [0.1, 0.15) is 34.8 Å². The Labute approximate surface area is 162 Å². The molecule has 3 aromatic rings. The van der Waals surface area contributed by atoms with Gasteiger partial charge >= 0.3 is 0 Å². The quantitative estimate of drug-likeness (QED) is 0.636. The summed E-state index contributed by atoms with van der Waals surface area (Å²) in [6.07, 6.45) is 1.00. The maximum absolute atomic E-state index is 12.2. The molecule has 0 unspecified atom stereocenters. The summed E-state index contributed by atoms with van der Waals surface area (Å²) in [7, 11) is 0. The van der Waals surface area contributed by atoms with Crippen LogP contribution in [0.15, 0.2) is 44.9 Å². The highest BCUT2D eigenvalue weighted by atomic mass is 32.2. The third-order valence-electron chi connectivity index (χ3n) is 4.09. The molecule has 140 valence electrons. The predicted molar refractivity (Wildman–Crippen MR) is 105 cm³/mol. The summed E-state index contributed by atoms with van der Waals surface area (Å²) in [5, 5.41) is 7.56. The molecule has 0 saturated heterocycles. The van der Waals surface area contributed by atoms with E-state index in [4.69, 9.17) is 4.52 Å². The lowest BCUT2D eigenvalue weighted by molar-refractivity contribution is -0.116. The van der Waals surface area contributed by atoms with Crippen LogP contribution in [0.25, 0.3) is 0 Å². The van der Waals surface area contributed by atoms with Crippen LogP contribution >= 0.6 is 11.8 Å². The molecule has 0 aliphatic rings. The van der Waals surface area contributed by atoms with Gasteiger partial charge in [0.1, 0.15) is 5.76 Å². The molecule has 3 rings (SSSR count). The Hall–Kier alpha value is -2.67. The van der Waals surface area contributed by atoms with Crippen LogP contribution in [0.3, 0.4) is 0 Å². The fourth-order valence-electron chi connectivity index (χ4n) is 2.77. The number of hydrogen-bond donors (Lipinski definition) is 1. The number of rotatable bonds is 6. The monoisotopic (exact) mass is 382 g/mol. The van der Waals surface area contributed by atoms with E-state index in [1.54, 1.807) is 0 Å². The summed E-state index contributed by atoms with van der Waals surface area (Å²) in [5.41, 5.74) is 4.52. The number of aromatic nitrogens is 3. The van der Waals surface area contributed by atoms with Crippen molar-refractivity contribution in [2.75, 3.05) is 5.32 Å². The van der Waals surface area contributed by atoms with Crippen LogP contribution in [0, 0.1) is 27.7 Å². The number of nitrogens with zero attached hydrogens (tertiary/aromatic N) is 3. The van der Waals surface area contributed by atoms with Gasteiger partial charge in [0, 0.05) is 34.0 Å². The Balaban J connectivity index is 1.56. The Bertz CT molecular complexity index is 911. The molecule has 1 aromatic carbocycles. The lowest BCUT2D eigenvalue weighted by Crippen LogP contribution is -2.12. The van der Waals surface area contributed by atoms with E-state index in [9.17, 15) is 4.79 Å². The number of nitrogens with one attached hydrogen (secondary N) is 1. The highest BCUT2D eigenvalue weighted by molar-refractivity contribution is 7.99. The Morgan fingerprint density at radius 2 is 1.74 bits per heavy atom. The van der Waals surface area contributed by atoms with Crippen molar-refractivity contribution in [3.05, 3.63) is 58.7 Å². The van der Waals surface area contributed by atoms with E-state index in [0.717, 1.165) is 44.1 Å². The van der Waals surface area contributed by atoms with E-state index >= 15 is 0 Å². The summed E-state index contributed by atoms with van der Waals surface area (Å²) in [6, 6.07) is 9.63. The largest absolute Gasteiger partial charge is 0.361 e. The van der Waals surface area contributed by atoms with Crippen molar-refractivity contribution in [1.82, 2.24) is 15.1 Å². The van der Waals surface area contributed by atoms with Gasteiger partial charge in [0.05, 0.1) is 5.69 Å². The molecule has 2 heterocycles. The van der Waals surface area contributed by atoms with Crippen LogP contribution in [-0.2, 0) is 11.2 Å². The molecular formula is C20H22N4O2S. The van der Waals surface area contributed by atoms with E-state index in [0.29, 0.717) is 12.8 Å². The third-order valence-corrected chi connectivity index (χ3v) is 4.97. The first-order valence-electron chi connectivity index (χ1n) is 8.72. The molecule has 2 aromatic heterocycles. The molecule has 6 nitrogen and oxygen atoms in total. The predicted octanol–water partition coefficient (Wildman–Crippen LogP) is 4.42. The topological polar surface area (TPSA) is 80.9 Å². The zero-order valence-electron chi connectivity index (χ0n) is 15.9. The Kier molecular flexibility index (Phi) is 5.91. The van der Waals surface area contributed by atoms with Gasteiger partial charge in [-0.25, -0.2) is 9.97 Å². The van der Waals surface area contributed by atoms with E-state index in [-0.39, 0.29) is 5.91 Å². The van der Waals surface area contributed by atoms with Crippen molar-refractivity contribution >= 4 is 23.4 Å². The normalized spacial score (nSPS) is 10.8. The van der Waals surface area contributed by atoms with Gasteiger partial charge in [0.15, 0.2) is 5.16 Å². The number of hydrogen-bond acceptors (Lipinski definition) is 6. The third kappa shape index (κ3) is 5.17. The summed E-state index contributed by atoms with van der Waals surface area (Å²) >= 11 is 1.50. The highest BCUT2D eigenvalue weighted by Crippen LogP contribution is 2.26. The van der Waals surface area contributed by atoms with Gasteiger partial charge in [-0.1, -0.05) is 5.16 Å². The van der Waals surface area contributed by atoms with E-state index in [2.05, 4.69) is 20.4 Å². The molecule has 0 saturated carbocycles. The SMILES string of the molecule is Cc1cc(C)nc(Sc2ccc(NC(=O)CCc3c(C)noc3C)cc2)n1. The van der Waals surface area contributed by atoms with Gasteiger partial charge in [-0.15, -0.1) is 0 Å². The maximum atomic E-state index is 12.2. The van der Waals surface area contributed by atoms with Crippen LogP contribution in [0.2, 0.25) is 0 Å². The fourth-order valence-corrected chi connectivity index (χ4v) is 3.63. The molecule has 1 amide bonds. The number of benzene rings is 1. The van der Waals surface area contributed by atoms with Crippen molar-refractivity contribution in [3.8, 4) is 0 Å². The van der Waals surface area contributed by atoms with Gasteiger partial charge in [-0.2, -0.15) is 0 Å². The van der Waals surface area contributed by atoms with Crippen molar-refractivity contribution in [3.63, 3.8) is 0 Å². The molecular weight excluding hydrogens is 360 g/mol. The second-order valence-electron chi connectivity index (χ2n) is 6.41. The van der Waals surface area contributed by atoms with Gasteiger partial charge < -0.3 is 9.84 Å². The average molecular weight is 382 g/mol. The van der Waals surface area contributed by atoms with E-state index < -0.39 is 0 Å². The molecule has 0 atom stereocenters.